The summed E-state index contributed by atoms with van der Waals surface area (Å²) in [4.78, 5) is 0. The third-order valence-corrected chi connectivity index (χ3v) is 4.55. The van der Waals surface area contributed by atoms with Gasteiger partial charge in [-0.1, -0.05) is 48.5 Å². The van der Waals surface area contributed by atoms with Gasteiger partial charge in [-0.25, -0.2) is 0 Å². The van der Waals surface area contributed by atoms with Gasteiger partial charge in [-0.3, -0.25) is 0 Å². The molecule has 0 aliphatic heterocycles. The smallest absolute Gasteiger partial charge is 0.0649 e. The molecule has 0 amide bonds. The molecule has 1 N–H and O–H groups in total. The minimum atomic E-state index is -0.236. The highest BCUT2D eigenvalue weighted by molar-refractivity contribution is 5.54. The quantitative estimate of drug-likeness (QED) is 0.743. The molecule has 0 heterocycles. The van der Waals surface area contributed by atoms with Crippen molar-refractivity contribution >= 4 is 0 Å². The van der Waals surface area contributed by atoms with Gasteiger partial charge in [0.1, 0.15) is 0 Å². The first-order valence-electron chi connectivity index (χ1n) is 6.72. The lowest BCUT2D eigenvalue weighted by atomic mass is 9.73. The molecule has 0 saturated heterocycles. The Labute approximate surface area is 107 Å². The average molecular weight is 236 g/mol. The Morgan fingerprint density at radius 3 is 1.78 bits per heavy atom. The monoisotopic (exact) mass is 236 g/mol. The van der Waals surface area contributed by atoms with E-state index >= 15 is 0 Å². The fourth-order valence-electron chi connectivity index (χ4n) is 3.79. The third kappa shape index (κ3) is 1.25. The highest BCUT2D eigenvalue weighted by Crippen LogP contribution is 2.50. The summed E-state index contributed by atoms with van der Waals surface area (Å²) >= 11 is 0. The molecule has 0 radical (unpaired) electrons. The normalized spacial score (nSPS) is 28.4. The van der Waals surface area contributed by atoms with Crippen molar-refractivity contribution < 1.29 is 5.11 Å². The average Bonchev–Trinajstić information content (AvgIpc) is 2.65. The molecule has 3 aliphatic carbocycles. The molecular formula is C17H16O. The summed E-state index contributed by atoms with van der Waals surface area (Å²) in [5.41, 5.74) is 5.54. The lowest BCUT2D eigenvalue weighted by Crippen LogP contribution is -2.21. The highest BCUT2D eigenvalue weighted by atomic mass is 16.3. The van der Waals surface area contributed by atoms with E-state index in [0.717, 1.165) is 12.8 Å². The number of rotatable bonds is 0. The van der Waals surface area contributed by atoms with E-state index in [1.54, 1.807) is 0 Å². The second-order valence-electron chi connectivity index (χ2n) is 5.43. The first-order chi connectivity index (χ1) is 8.86. The maximum atomic E-state index is 10.5. The Kier molecular flexibility index (Phi) is 2.12. The van der Waals surface area contributed by atoms with Crippen molar-refractivity contribution in [3.05, 3.63) is 70.8 Å². The number of fused-ring (bicyclic) bond motifs is 2. The fourth-order valence-corrected chi connectivity index (χ4v) is 3.79. The predicted molar refractivity (Wildman–Crippen MR) is 71.8 cm³/mol. The lowest BCUT2D eigenvalue weighted by Gasteiger charge is -2.31. The van der Waals surface area contributed by atoms with E-state index in [1.165, 1.54) is 22.3 Å². The van der Waals surface area contributed by atoms with E-state index in [0.29, 0.717) is 5.92 Å². The molecule has 18 heavy (non-hydrogen) atoms. The Morgan fingerprint density at radius 2 is 1.22 bits per heavy atom. The van der Waals surface area contributed by atoms with Crippen LogP contribution in [-0.4, -0.2) is 11.2 Å². The zero-order valence-electron chi connectivity index (χ0n) is 10.2. The molecular weight excluding hydrogens is 220 g/mol. The van der Waals surface area contributed by atoms with Crippen LogP contribution in [0.1, 0.15) is 46.9 Å². The third-order valence-electron chi connectivity index (χ3n) is 4.55. The first kappa shape index (κ1) is 10.3. The number of hydrogen-bond acceptors (Lipinski definition) is 1. The van der Waals surface area contributed by atoms with E-state index < -0.39 is 0 Å². The van der Waals surface area contributed by atoms with Gasteiger partial charge in [0.2, 0.25) is 0 Å². The van der Waals surface area contributed by atoms with E-state index in [9.17, 15) is 5.11 Å². The van der Waals surface area contributed by atoms with Crippen LogP contribution >= 0.6 is 0 Å². The maximum absolute atomic E-state index is 10.5. The van der Waals surface area contributed by atoms with Crippen LogP contribution < -0.4 is 0 Å². The molecule has 5 rings (SSSR count). The minimum Gasteiger partial charge on any atom is -0.392 e. The van der Waals surface area contributed by atoms with Crippen molar-refractivity contribution in [2.24, 2.45) is 0 Å². The predicted octanol–water partition coefficient (Wildman–Crippen LogP) is 3.42. The van der Waals surface area contributed by atoms with Crippen LogP contribution in [0, 0.1) is 0 Å². The van der Waals surface area contributed by atoms with Crippen molar-refractivity contribution in [1.82, 2.24) is 0 Å². The van der Waals surface area contributed by atoms with Crippen LogP contribution in [0.25, 0.3) is 0 Å². The highest BCUT2D eigenvalue weighted by Gasteiger charge is 2.38. The fraction of sp³-hybridized carbons (Fsp3) is 0.294. The molecule has 0 saturated carbocycles. The second-order valence-corrected chi connectivity index (χ2v) is 5.43. The van der Waals surface area contributed by atoms with Gasteiger partial charge < -0.3 is 5.11 Å². The largest absolute Gasteiger partial charge is 0.392 e. The molecule has 1 nitrogen and oxygen atoms in total. The summed E-state index contributed by atoms with van der Waals surface area (Å²) in [7, 11) is 0. The van der Waals surface area contributed by atoms with Crippen LogP contribution in [0.5, 0.6) is 0 Å². The zero-order chi connectivity index (χ0) is 12.1. The van der Waals surface area contributed by atoms with Gasteiger partial charge in [0.15, 0.2) is 0 Å². The van der Waals surface area contributed by atoms with Gasteiger partial charge in [0, 0.05) is 11.8 Å². The zero-order valence-corrected chi connectivity index (χ0v) is 10.2. The van der Waals surface area contributed by atoms with Gasteiger partial charge in [0.25, 0.3) is 0 Å². The van der Waals surface area contributed by atoms with E-state index in [-0.39, 0.29) is 12.0 Å². The van der Waals surface area contributed by atoms with Crippen molar-refractivity contribution in [1.29, 1.82) is 0 Å². The first-order valence-corrected chi connectivity index (χ1v) is 6.72. The molecule has 0 fully saturated rings. The SMILES string of the molecule is O[C@H]1CCC2c3ccccc3C1c1ccccc12. The number of aliphatic hydroxyl groups excluding tert-OH is 1. The molecule has 90 valence electrons. The van der Waals surface area contributed by atoms with Crippen LogP contribution in [0.15, 0.2) is 48.5 Å². The molecule has 2 aromatic carbocycles. The molecule has 0 unspecified atom stereocenters. The second kappa shape index (κ2) is 3.69. The van der Waals surface area contributed by atoms with Gasteiger partial charge >= 0.3 is 0 Å². The van der Waals surface area contributed by atoms with Crippen LogP contribution in [0.3, 0.4) is 0 Å². The number of hydrogen-bond donors (Lipinski definition) is 1. The molecule has 0 spiro atoms. The van der Waals surface area contributed by atoms with Crippen molar-refractivity contribution in [3.8, 4) is 0 Å². The van der Waals surface area contributed by atoms with Gasteiger partial charge in [-0.05, 0) is 35.1 Å². The topological polar surface area (TPSA) is 20.2 Å². The van der Waals surface area contributed by atoms with E-state index in [1.807, 2.05) is 0 Å². The molecule has 3 aliphatic rings. The van der Waals surface area contributed by atoms with Crippen LogP contribution in [0.2, 0.25) is 0 Å². The Morgan fingerprint density at radius 1 is 0.722 bits per heavy atom. The molecule has 2 bridgehead atoms. The maximum Gasteiger partial charge on any atom is 0.0649 e. The summed E-state index contributed by atoms with van der Waals surface area (Å²) in [6, 6.07) is 17.3. The number of benzene rings is 2. The van der Waals surface area contributed by atoms with Crippen LogP contribution in [-0.2, 0) is 0 Å². The van der Waals surface area contributed by atoms with E-state index in [2.05, 4.69) is 48.5 Å². The molecule has 2 aromatic rings. The minimum absolute atomic E-state index is 0.177. The van der Waals surface area contributed by atoms with Crippen molar-refractivity contribution in [2.45, 2.75) is 30.8 Å². The van der Waals surface area contributed by atoms with Crippen molar-refractivity contribution in [3.63, 3.8) is 0 Å². The summed E-state index contributed by atoms with van der Waals surface area (Å²) in [6.45, 7) is 0. The summed E-state index contributed by atoms with van der Waals surface area (Å²) < 4.78 is 0. The molecule has 1 heteroatoms. The Balaban J connectivity index is 2.05. The summed E-state index contributed by atoms with van der Waals surface area (Å²) in [6.07, 6.45) is 1.73. The standard InChI is InChI=1S/C17H16O/c18-16-10-9-13-11-5-1-3-7-14(11)17(16)15-8-4-2-6-12(13)15/h1-8,13,16-18H,9-10H2/t13?,16-,17?/m0/s1. The molecule has 1 atom stereocenters. The van der Waals surface area contributed by atoms with E-state index in [4.69, 9.17) is 0 Å². The number of aliphatic hydroxyl groups is 1. The van der Waals surface area contributed by atoms with Gasteiger partial charge in [0.05, 0.1) is 6.10 Å². The van der Waals surface area contributed by atoms with Gasteiger partial charge in [-0.2, -0.15) is 0 Å². The molecule has 0 aromatic heterocycles. The Hall–Kier alpha value is -1.60. The summed E-state index contributed by atoms with van der Waals surface area (Å²) in [5, 5.41) is 10.5. The van der Waals surface area contributed by atoms with Gasteiger partial charge in [-0.15, -0.1) is 0 Å². The Bertz CT molecular complexity index is 555. The van der Waals surface area contributed by atoms with Crippen LogP contribution in [0.4, 0.5) is 0 Å². The lowest BCUT2D eigenvalue weighted by molar-refractivity contribution is 0.149. The van der Waals surface area contributed by atoms with Crippen molar-refractivity contribution in [2.75, 3.05) is 0 Å². The summed E-state index contributed by atoms with van der Waals surface area (Å²) in [5.74, 6) is 0.655.